The fraction of sp³-hybridized carbons (Fsp3) is 0.520. The van der Waals surface area contributed by atoms with Gasteiger partial charge in [-0.3, -0.25) is 9.69 Å². The lowest BCUT2D eigenvalue weighted by atomic mass is 9.46. The summed E-state index contributed by atoms with van der Waals surface area (Å²) in [5.74, 6) is 0.109. The van der Waals surface area contributed by atoms with Gasteiger partial charge in [0.05, 0.1) is 11.8 Å². The molecule has 0 radical (unpaired) electrons. The van der Waals surface area contributed by atoms with E-state index >= 15 is 0 Å². The van der Waals surface area contributed by atoms with Crippen molar-refractivity contribution in [2.45, 2.75) is 62.0 Å². The number of benzene rings is 1. The van der Waals surface area contributed by atoms with E-state index in [4.69, 9.17) is 0 Å². The average Bonchev–Trinajstić information content (AvgIpc) is 3.47. The van der Waals surface area contributed by atoms with Crippen molar-refractivity contribution in [1.29, 1.82) is 0 Å². The lowest BCUT2D eigenvalue weighted by molar-refractivity contribution is -0.160. The van der Waals surface area contributed by atoms with Gasteiger partial charge in [-0.1, -0.05) is 13.0 Å². The van der Waals surface area contributed by atoms with E-state index in [2.05, 4.69) is 15.0 Å². The number of aromatic nitrogens is 3. The molecule has 4 N–H and O–H groups in total. The fourth-order valence-corrected chi connectivity index (χ4v) is 7.44. The lowest BCUT2D eigenvalue weighted by Crippen LogP contribution is -2.75. The molecule has 4 atom stereocenters. The van der Waals surface area contributed by atoms with Crippen LogP contribution in [0.25, 0.3) is 5.65 Å². The SMILES string of the molecule is C[C@H]1c2[nH]c3ccnn3c(=O)c2C[C@@]2(O)[C@H]3Cc4ccc(O)c(O)c4[C@@]12CCN3CC1CC1. The van der Waals surface area contributed by atoms with Gasteiger partial charge in [0.15, 0.2) is 11.5 Å². The minimum atomic E-state index is -1.25. The molecule has 3 aliphatic carbocycles. The first kappa shape index (κ1) is 19.6. The van der Waals surface area contributed by atoms with Gasteiger partial charge in [-0.2, -0.15) is 9.61 Å². The molecule has 172 valence electrons. The Bertz CT molecular complexity index is 1370. The summed E-state index contributed by atoms with van der Waals surface area (Å²) < 4.78 is 1.37. The van der Waals surface area contributed by atoms with Gasteiger partial charge >= 0.3 is 0 Å². The smallest absolute Gasteiger partial charge is 0.277 e. The summed E-state index contributed by atoms with van der Waals surface area (Å²) in [5.41, 5.74) is 1.34. The third-order valence-electron chi connectivity index (χ3n) is 9.15. The Balaban J connectivity index is 1.52. The van der Waals surface area contributed by atoms with Crippen LogP contribution in [0.15, 0.2) is 29.2 Å². The molecule has 0 spiro atoms. The highest BCUT2D eigenvalue weighted by Crippen LogP contribution is 2.63. The van der Waals surface area contributed by atoms with Crippen LogP contribution in [0.3, 0.4) is 0 Å². The number of hydrogen-bond donors (Lipinski definition) is 4. The zero-order valence-corrected chi connectivity index (χ0v) is 18.6. The molecule has 1 saturated carbocycles. The van der Waals surface area contributed by atoms with Crippen molar-refractivity contribution in [3.05, 3.63) is 57.1 Å². The van der Waals surface area contributed by atoms with Crippen molar-refractivity contribution in [2.24, 2.45) is 5.92 Å². The molecule has 2 bridgehead atoms. The number of nitrogens with one attached hydrogen (secondary N) is 1. The van der Waals surface area contributed by atoms with Crippen molar-refractivity contribution in [1.82, 2.24) is 19.5 Å². The van der Waals surface area contributed by atoms with Gasteiger partial charge < -0.3 is 20.3 Å². The standard InChI is InChI=1S/C25H28N4O4/c1-13-21-16(23(32)29-19(27-21)6-8-26-29)11-25(33)18-10-15-4-5-17(30)22(31)20(15)24(13,25)7-9-28(18)12-14-2-3-14/h4-6,8,13-14,18,27,30-31,33H,2-3,7,9-12H2,1H3/t13-,18+,24+,25+/m0/s1. The molecular weight excluding hydrogens is 420 g/mol. The maximum Gasteiger partial charge on any atom is 0.277 e. The molecule has 1 saturated heterocycles. The molecule has 2 fully saturated rings. The minimum Gasteiger partial charge on any atom is -0.504 e. The Morgan fingerprint density at radius 1 is 1.24 bits per heavy atom. The molecule has 1 aliphatic heterocycles. The van der Waals surface area contributed by atoms with Crippen molar-refractivity contribution in [2.75, 3.05) is 13.1 Å². The zero-order valence-electron chi connectivity index (χ0n) is 18.6. The maximum absolute atomic E-state index is 13.4. The number of aliphatic hydroxyl groups is 1. The Hall–Kier alpha value is -2.84. The third-order valence-corrected chi connectivity index (χ3v) is 9.15. The number of H-pyrrole nitrogens is 1. The number of likely N-dealkylation sites (tertiary alicyclic amines) is 1. The summed E-state index contributed by atoms with van der Waals surface area (Å²) in [6.07, 6.45) is 5.47. The number of aromatic hydroxyl groups is 2. The predicted octanol–water partition coefficient (Wildman–Crippen LogP) is 1.80. The quantitative estimate of drug-likeness (QED) is 0.445. The number of nitrogens with zero attached hydrogens (tertiary/aromatic N) is 3. The largest absolute Gasteiger partial charge is 0.504 e. The number of phenolic OH excluding ortho intramolecular Hbond substituents is 2. The summed E-state index contributed by atoms with van der Waals surface area (Å²) in [5, 5.41) is 38.4. The molecule has 8 nitrogen and oxygen atoms in total. The van der Waals surface area contributed by atoms with Gasteiger partial charge in [-0.05, 0) is 49.8 Å². The van der Waals surface area contributed by atoms with Crippen LogP contribution < -0.4 is 5.56 Å². The normalized spacial score (nSPS) is 32.9. The van der Waals surface area contributed by atoms with E-state index in [0.717, 1.165) is 24.3 Å². The molecule has 33 heavy (non-hydrogen) atoms. The van der Waals surface area contributed by atoms with Crippen molar-refractivity contribution in [3.8, 4) is 11.5 Å². The number of hydrogen-bond acceptors (Lipinski definition) is 6. The zero-order chi connectivity index (χ0) is 22.7. The van der Waals surface area contributed by atoms with E-state index in [1.807, 2.05) is 13.0 Å². The molecule has 3 heterocycles. The number of fused-ring (bicyclic) bond motifs is 3. The first-order valence-electron chi connectivity index (χ1n) is 11.9. The van der Waals surface area contributed by atoms with Gasteiger partial charge in [0.25, 0.3) is 5.56 Å². The number of aromatic amines is 1. The average molecular weight is 449 g/mol. The second-order valence-electron chi connectivity index (χ2n) is 10.6. The summed E-state index contributed by atoms with van der Waals surface area (Å²) in [4.78, 5) is 19.3. The Morgan fingerprint density at radius 2 is 2.06 bits per heavy atom. The highest BCUT2D eigenvalue weighted by atomic mass is 16.3. The minimum absolute atomic E-state index is 0.136. The molecule has 1 aromatic carbocycles. The summed E-state index contributed by atoms with van der Waals surface area (Å²) in [7, 11) is 0. The van der Waals surface area contributed by atoms with Gasteiger partial charge in [0.2, 0.25) is 0 Å². The lowest BCUT2D eigenvalue weighted by Gasteiger charge is -2.65. The summed E-state index contributed by atoms with van der Waals surface area (Å²) in [6.45, 7) is 3.81. The highest BCUT2D eigenvalue weighted by molar-refractivity contribution is 5.61. The van der Waals surface area contributed by atoms with E-state index < -0.39 is 11.0 Å². The Labute approximate surface area is 190 Å². The van der Waals surface area contributed by atoms with E-state index in [0.29, 0.717) is 35.5 Å². The molecule has 4 aliphatic rings. The van der Waals surface area contributed by atoms with Crippen LogP contribution >= 0.6 is 0 Å². The first-order valence-corrected chi connectivity index (χ1v) is 11.9. The topological polar surface area (TPSA) is 114 Å². The van der Waals surface area contributed by atoms with Crippen LogP contribution in [0.4, 0.5) is 0 Å². The number of phenols is 2. The van der Waals surface area contributed by atoms with Crippen molar-refractivity contribution < 1.29 is 15.3 Å². The van der Waals surface area contributed by atoms with Crippen molar-refractivity contribution >= 4 is 5.65 Å². The Morgan fingerprint density at radius 3 is 2.85 bits per heavy atom. The number of rotatable bonds is 2. The van der Waals surface area contributed by atoms with E-state index in [-0.39, 0.29) is 35.4 Å². The van der Waals surface area contributed by atoms with Crippen LogP contribution in [-0.4, -0.2) is 59.5 Å². The molecule has 3 aromatic rings. The van der Waals surface area contributed by atoms with Gasteiger partial charge in [-0.15, -0.1) is 0 Å². The Kier molecular flexibility index (Phi) is 3.67. The van der Waals surface area contributed by atoms with Crippen LogP contribution in [0.1, 0.15) is 54.5 Å². The second-order valence-corrected chi connectivity index (χ2v) is 10.6. The monoisotopic (exact) mass is 448 g/mol. The highest BCUT2D eigenvalue weighted by Gasteiger charge is 2.68. The van der Waals surface area contributed by atoms with Crippen LogP contribution in [-0.2, 0) is 18.3 Å². The first-order chi connectivity index (χ1) is 15.8. The van der Waals surface area contributed by atoms with Crippen LogP contribution in [0.5, 0.6) is 11.5 Å². The molecule has 7 rings (SSSR count). The molecular formula is C25H28N4O4. The van der Waals surface area contributed by atoms with Gasteiger partial charge in [-0.25, -0.2) is 0 Å². The van der Waals surface area contributed by atoms with Crippen LogP contribution in [0.2, 0.25) is 0 Å². The van der Waals surface area contributed by atoms with Gasteiger partial charge in [0.1, 0.15) is 5.65 Å². The maximum atomic E-state index is 13.4. The van der Waals surface area contributed by atoms with Crippen molar-refractivity contribution in [3.63, 3.8) is 0 Å². The van der Waals surface area contributed by atoms with E-state index in [9.17, 15) is 20.1 Å². The predicted molar refractivity (Wildman–Crippen MR) is 121 cm³/mol. The van der Waals surface area contributed by atoms with Gasteiger partial charge in [0, 0.05) is 53.2 Å². The second kappa shape index (κ2) is 6.18. The molecule has 8 heteroatoms. The third kappa shape index (κ3) is 2.28. The number of piperidine rings is 1. The summed E-state index contributed by atoms with van der Waals surface area (Å²) >= 11 is 0. The molecule has 0 amide bonds. The summed E-state index contributed by atoms with van der Waals surface area (Å²) in [6, 6.07) is 5.05. The van der Waals surface area contributed by atoms with E-state index in [1.165, 1.54) is 17.4 Å². The molecule has 2 aromatic heterocycles. The fourth-order valence-electron chi connectivity index (χ4n) is 7.44. The van der Waals surface area contributed by atoms with Crippen LogP contribution in [0, 0.1) is 5.92 Å². The molecule has 0 unspecified atom stereocenters. The van der Waals surface area contributed by atoms with E-state index in [1.54, 1.807) is 18.3 Å².